The van der Waals surface area contributed by atoms with E-state index in [1.54, 1.807) is 12.3 Å². The second kappa shape index (κ2) is 4.77. The number of rotatable bonds is 3. The van der Waals surface area contributed by atoms with Gasteiger partial charge >= 0.3 is 5.97 Å². The van der Waals surface area contributed by atoms with Crippen LogP contribution in [0.1, 0.15) is 23.0 Å². The quantitative estimate of drug-likeness (QED) is 0.792. The van der Waals surface area contributed by atoms with Gasteiger partial charge in [0.2, 0.25) is 0 Å². The molecule has 1 aromatic carbocycles. The molecule has 0 aliphatic carbocycles. The summed E-state index contributed by atoms with van der Waals surface area (Å²) in [5, 5.41) is 13.5. The Bertz CT molecular complexity index is 778. The third-order valence-electron chi connectivity index (χ3n) is 3.21. The van der Waals surface area contributed by atoms with Crippen molar-refractivity contribution < 1.29 is 9.90 Å². The molecule has 3 rings (SSSR count). The number of carboxylic acids is 1. The molecule has 0 saturated carbocycles. The normalized spacial score (nSPS) is 10.8. The summed E-state index contributed by atoms with van der Waals surface area (Å²) < 4.78 is 1.38. The number of aromatic nitrogens is 3. The lowest BCUT2D eigenvalue weighted by molar-refractivity contribution is 0.0687. The van der Waals surface area contributed by atoms with E-state index in [-0.39, 0.29) is 5.69 Å². The standard InChI is InChI=1S/C15H13N3O2/c1-2-10-9-16-18-13(15(19)20)8-12(17-14(10)18)11-6-4-3-5-7-11/h3-9H,2H2,1H3,(H,19,20). The van der Waals surface area contributed by atoms with Gasteiger partial charge in [-0.05, 0) is 12.5 Å². The average Bonchev–Trinajstić information content (AvgIpc) is 2.89. The van der Waals surface area contributed by atoms with Crippen molar-refractivity contribution in [2.24, 2.45) is 0 Å². The van der Waals surface area contributed by atoms with Crippen molar-refractivity contribution in [2.45, 2.75) is 13.3 Å². The molecule has 1 N–H and O–H groups in total. The zero-order valence-corrected chi connectivity index (χ0v) is 10.9. The molecule has 0 radical (unpaired) electrons. The molecule has 0 amide bonds. The Morgan fingerprint density at radius 2 is 2.05 bits per heavy atom. The third kappa shape index (κ3) is 1.93. The second-order valence-electron chi connectivity index (χ2n) is 4.46. The van der Waals surface area contributed by atoms with E-state index in [1.165, 1.54) is 4.52 Å². The van der Waals surface area contributed by atoms with Crippen molar-refractivity contribution in [1.29, 1.82) is 0 Å². The van der Waals surface area contributed by atoms with Crippen molar-refractivity contribution in [1.82, 2.24) is 14.6 Å². The maximum atomic E-state index is 11.4. The Morgan fingerprint density at radius 1 is 1.30 bits per heavy atom. The fourth-order valence-electron chi connectivity index (χ4n) is 2.17. The average molecular weight is 267 g/mol. The van der Waals surface area contributed by atoms with Gasteiger partial charge in [0, 0.05) is 11.1 Å². The van der Waals surface area contributed by atoms with E-state index in [1.807, 2.05) is 37.3 Å². The highest BCUT2D eigenvalue weighted by atomic mass is 16.4. The zero-order valence-electron chi connectivity index (χ0n) is 10.9. The molecule has 0 aliphatic heterocycles. The van der Waals surface area contributed by atoms with Crippen LogP contribution < -0.4 is 0 Å². The predicted octanol–water partition coefficient (Wildman–Crippen LogP) is 2.66. The summed E-state index contributed by atoms with van der Waals surface area (Å²) in [4.78, 5) is 16.0. The first-order valence-electron chi connectivity index (χ1n) is 6.37. The zero-order chi connectivity index (χ0) is 14.1. The molecule has 0 bridgehead atoms. The maximum absolute atomic E-state index is 11.4. The molecule has 0 spiro atoms. The first-order chi connectivity index (χ1) is 9.70. The van der Waals surface area contributed by atoms with Crippen LogP contribution in [0.25, 0.3) is 16.9 Å². The van der Waals surface area contributed by atoms with Crippen molar-refractivity contribution >= 4 is 11.6 Å². The van der Waals surface area contributed by atoms with Crippen molar-refractivity contribution in [3.8, 4) is 11.3 Å². The number of carboxylic acid groups (broad SMARTS) is 1. The number of hydrogen-bond donors (Lipinski definition) is 1. The van der Waals surface area contributed by atoms with Crippen LogP contribution in [0.4, 0.5) is 0 Å². The molecule has 0 unspecified atom stereocenters. The fraction of sp³-hybridized carbons (Fsp3) is 0.133. The molecular weight excluding hydrogens is 254 g/mol. The van der Waals surface area contributed by atoms with E-state index >= 15 is 0 Å². The fourth-order valence-corrected chi connectivity index (χ4v) is 2.17. The first kappa shape index (κ1) is 12.3. The second-order valence-corrected chi connectivity index (χ2v) is 4.46. The summed E-state index contributed by atoms with van der Waals surface area (Å²) in [6, 6.07) is 11.1. The van der Waals surface area contributed by atoms with Crippen LogP contribution in [0.5, 0.6) is 0 Å². The number of benzene rings is 1. The Kier molecular flexibility index (Phi) is 2.95. The lowest BCUT2D eigenvalue weighted by atomic mass is 10.1. The van der Waals surface area contributed by atoms with Gasteiger partial charge in [-0.2, -0.15) is 5.10 Å². The van der Waals surface area contributed by atoms with E-state index in [4.69, 9.17) is 0 Å². The summed E-state index contributed by atoms with van der Waals surface area (Å²) in [5.74, 6) is -1.01. The number of nitrogens with zero attached hydrogens (tertiary/aromatic N) is 3. The number of fused-ring (bicyclic) bond motifs is 1. The topological polar surface area (TPSA) is 67.5 Å². The predicted molar refractivity (Wildman–Crippen MR) is 74.8 cm³/mol. The van der Waals surface area contributed by atoms with Gasteiger partial charge in [0.15, 0.2) is 11.3 Å². The maximum Gasteiger partial charge on any atom is 0.354 e. The van der Waals surface area contributed by atoms with Crippen LogP contribution in [0.2, 0.25) is 0 Å². The van der Waals surface area contributed by atoms with Gasteiger partial charge in [0.05, 0.1) is 11.9 Å². The van der Waals surface area contributed by atoms with Gasteiger partial charge in [-0.15, -0.1) is 0 Å². The van der Waals surface area contributed by atoms with Gasteiger partial charge in [0.25, 0.3) is 0 Å². The molecule has 0 saturated heterocycles. The largest absolute Gasteiger partial charge is 0.477 e. The molecule has 0 atom stereocenters. The first-order valence-corrected chi connectivity index (χ1v) is 6.37. The lowest BCUT2D eigenvalue weighted by Crippen LogP contribution is -2.08. The van der Waals surface area contributed by atoms with Crippen molar-refractivity contribution in [2.75, 3.05) is 0 Å². The highest BCUT2D eigenvalue weighted by Crippen LogP contribution is 2.21. The molecular formula is C15H13N3O2. The molecule has 3 aromatic rings. The van der Waals surface area contributed by atoms with E-state index in [9.17, 15) is 9.90 Å². The molecule has 2 heterocycles. The van der Waals surface area contributed by atoms with Crippen LogP contribution in [0.3, 0.4) is 0 Å². The lowest BCUT2D eigenvalue weighted by Gasteiger charge is -2.06. The molecule has 2 aromatic heterocycles. The van der Waals surface area contributed by atoms with Gasteiger partial charge in [0.1, 0.15) is 0 Å². The van der Waals surface area contributed by atoms with Crippen molar-refractivity contribution in [3.05, 3.63) is 53.9 Å². The minimum atomic E-state index is -1.01. The summed E-state index contributed by atoms with van der Waals surface area (Å²) in [5.41, 5.74) is 3.19. The smallest absolute Gasteiger partial charge is 0.354 e. The molecule has 5 heteroatoms. The molecule has 0 aliphatic rings. The van der Waals surface area contributed by atoms with E-state index in [2.05, 4.69) is 10.1 Å². The molecule has 100 valence electrons. The van der Waals surface area contributed by atoms with Crippen LogP contribution in [-0.2, 0) is 6.42 Å². The highest BCUT2D eigenvalue weighted by molar-refractivity contribution is 5.88. The molecule has 20 heavy (non-hydrogen) atoms. The summed E-state index contributed by atoms with van der Waals surface area (Å²) in [6.07, 6.45) is 2.43. The van der Waals surface area contributed by atoms with Gasteiger partial charge in [-0.25, -0.2) is 14.3 Å². The van der Waals surface area contributed by atoms with E-state index < -0.39 is 5.97 Å². The van der Waals surface area contributed by atoms with Crippen LogP contribution in [0, 0.1) is 0 Å². The minimum absolute atomic E-state index is 0.119. The molecule has 5 nitrogen and oxygen atoms in total. The van der Waals surface area contributed by atoms with Gasteiger partial charge in [-0.1, -0.05) is 37.3 Å². The van der Waals surface area contributed by atoms with Crippen LogP contribution in [0.15, 0.2) is 42.6 Å². The number of aryl methyl sites for hydroxylation is 1. The van der Waals surface area contributed by atoms with Gasteiger partial charge in [-0.3, -0.25) is 0 Å². The van der Waals surface area contributed by atoms with E-state index in [0.29, 0.717) is 11.3 Å². The molecule has 0 fully saturated rings. The summed E-state index contributed by atoms with van der Waals surface area (Å²) in [7, 11) is 0. The summed E-state index contributed by atoms with van der Waals surface area (Å²) in [6.45, 7) is 1.99. The van der Waals surface area contributed by atoms with Crippen LogP contribution in [-0.4, -0.2) is 25.7 Å². The Balaban J connectivity index is 2.31. The third-order valence-corrected chi connectivity index (χ3v) is 3.21. The van der Waals surface area contributed by atoms with E-state index in [0.717, 1.165) is 17.5 Å². The monoisotopic (exact) mass is 267 g/mol. The van der Waals surface area contributed by atoms with Crippen LogP contribution >= 0.6 is 0 Å². The number of carbonyl (C=O) groups is 1. The Hall–Kier alpha value is -2.69. The Labute approximate surface area is 115 Å². The SMILES string of the molecule is CCc1cnn2c(C(=O)O)cc(-c3ccccc3)nc12. The highest BCUT2D eigenvalue weighted by Gasteiger charge is 2.15. The minimum Gasteiger partial charge on any atom is -0.477 e. The summed E-state index contributed by atoms with van der Waals surface area (Å²) >= 11 is 0. The number of hydrogen-bond acceptors (Lipinski definition) is 3. The van der Waals surface area contributed by atoms with Crippen molar-refractivity contribution in [3.63, 3.8) is 0 Å². The van der Waals surface area contributed by atoms with Gasteiger partial charge < -0.3 is 5.11 Å². The Morgan fingerprint density at radius 3 is 2.70 bits per heavy atom. The number of aromatic carboxylic acids is 1.